The molecule has 1 atom stereocenters. The van der Waals surface area contributed by atoms with E-state index in [2.05, 4.69) is 15.2 Å². The number of carbonyl (C=O) groups is 1. The van der Waals surface area contributed by atoms with E-state index in [4.69, 9.17) is 9.26 Å². The van der Waals surface area contributed by atoms with Gasteiger partial charge in [0.2, 0.25) is 15.9 Å². The minimum absolute atomic E-state index is 0.0835. The molecule has 0 radical (unpaired) electrons. The molecule has 24 heavy (non-hydrogen) atoms. The standard InChI is InChI=1S/C15H19N3O5S/c1-9-7-12(22-4)5-6-13(9)24(20,21)18-11(3)15(19)16-14-8-10(2)23-17-14/h5-8,11,18H,1-4H3,(H,16,17,19)/t11-/m0/s1. The van der Waals surface area contributed by atoms with Gasteiger partial charge >= 0.3 is 0 Å². The van der Waals surface area contributed by atoms with Crippen molar-refractivity contribution < 1.29 is 22.5 Å². The highest BCUT2D eigenvalue weighted by molar-refractivity contribution is 7.89. The molecule has 130 valence electrons. The molecule has 0 bridgehead atoms. The number of rotatable bonds is 6. The number of nitrogens with one attached hydrogen (secondary N) is 2. The van der Waals surface area contributed by atoms with Crippen LogP contribution in [0.2, 0.25) is 0 Å². The van der Waals surface area contributed by atoms with Gasteiger partial charge in [0.1, 0.15) is 11.5 Å². The van der Waals surface area contributed by atoms with Crippen molar-refractivity contribution in [3.05, 3.63) is 35.6 Å². The van der Waals surface area contributed by atoms with Gasteiger partial charge in [0.25, 0.3) is 0 Å². The number of ether oxygens (including phenoxy) is 1. The van der Waals surface area contributed by atoms with Gasteiger partial charge in [-0.3, -0.25) is 4.79 Å². The van der Waals surface area contributed by atoms with E-state index < -0.39 is 22.0 Å². The minimum Gasteiger partial charge on any atom is -0.497 e. The van der Waals surface area contributed by atoms with Gasteiger partial charge < -0.3 is 14.6 Å². The van der Waals surface area contributed by atoms with Crippen LogP contribution in [-0.2, 0) is 14.8 Å². The molecular formula is C15H19N3O5S. The van der Waals surface area contributed by atoms with Crippen molar-refractivity contribution in [2.75, 3.05) is 12.4 Å². The highest BCUT2D eigenvalue weighted by Gasteiger charge is 2.24. The minimum atomic E-state index is -3.86. The number of anilines is 1. The zero-order valence-electron chi connectivity index (χ0n) is 13.8. The smallest absolute Gasteiger partial charge is 0.243 e. The first-order valence-electron chi connectivity index (χ1n) is 7.14. The van der Waals surface area contributed by atoms with Crippen LogP contribution < -0.4 is 14.8 Å². The predicted molar refractivity (Wildman–Crippen MR) is 87.4 cm³/mol. The summed E-state index contributed by atoms with van der Waals surface area (Å²) in [6.45, 7) is 4.78. The molecule has 0 spiro atoms. The first-order chi connectivity index (χ1) is 11.2. The lowest BCUT2D eigenvalue weighted by Crippen LogP contribution is -2.41. The lowest BCUT2D eigenvalue weighted by atomic mass is 10.2. The monoisotopic (exact) mass is 353 g/mol. The zero-order valence-corrected chi connectivity index (χ0v) is 14.6. The van der Waals surface area contributed by atoms with Crippen LogP contribution in [0.3, 0.4) is 0 Å². The second-order valence-electron chi connectivity index (χ2n) is 5.29. The maximum atomic E-state index is 12.5. The Labute approximate surface area is 140 Å². The van der Waals surface area contributed by atoms with Gasteiger partial charge in [-0.25, -0.2) is 8.42 Å². The molecule has 2 aromatic rings. The molecular weight excluding hydrogens is 334 g/mol. The lowest BCUT2D eigenvalue weighted by molar-refractivity contribution is -0.117. The van der Waals surface area contributed by atoms with Crippen LogP contribution in [0.5, 0.6) is 5.75 Å². The van der Waals surface area contributed by atoms with E-state index in [1.54, 1.807) is 26.0 Å². The van der Waals surface area contributed by atoms with Gasteiger partial charge in [0.05, 0.1) is 18.0 Å². The first kappa shape index (κ1) is 18.0. The largest absolute Gasteiger partial charge is 0.497 e. The van der Waals surface area contributed by atoms with Crippen LogP contribution in [0.4, 0.5) is 5.82 Å². The number of benzene rings is 1. The summed E-state index contributed by atoms with van der Waals surface area (Å²) in [5.41, 5.74) is 0.515. The van der Waals surface area contributed by atoms with E-state index >= 15 is 0 Å². The van der Waals surface area contributed by atoms with Crippen molar-refractivity contribution in [2.45, 2.75) is 31.7 Å². The molecule has 1 aromatic carbocycles. The summed E-state index contributed by atoms with van der Waals surface area (Å²) in [6.07, 6.45) is 0. The summed E-state index contributed by atoms with van der Waals surface area (Å²) in [4.78, 5) is 12.2. The van der Waals surface area contributed by atoms with Crippen LogP contribution in [0, 0.1) is 13.8 Å². The van der Waals surface area contributed by atoms with Gasteiger partial charge in [-0.2, -0.15) is 4.72 Å². The molecule has 0 saturated heterocycles. The summed E-state index contributed by atoms with van der Waals surface area (Å²) in [5, 5.41) is 6.11. The molecule has 1 heterocycles. The highest BCUT2D eigenvalue weighted by atomic mass is 32.2. The quantitative estimate of drug-likeness (QED) is 0.816. The third-order valence-corrected chi connectivity index (χ3v) is 4.98. The van der Waals surface area contributed by atoms with Crippen LogP contribution in [-0.4, -0.2) is 32.6 Å². The van der Waals surface area contributed by atoms with Gasteiger partial charge in [-0.1, -0.05) is 5.16 Å². The molecule has 9 heteroatoms. The SMILES string of the molecule is COc1ccc(S(=O)(=O)N[C@@H](C)C(=O)Nc2cc(C)on2)c(C)c1. The third kappa shape index (κ3) is 4.12. The highest BCUT2D eigenvalue weighted by Crippen LogP contribution is 2.21. The molecule has 0 fully saturated rings. The van der Waals surface area contributed by atoms with E-state index in [1.165, 1.54) is 26.2 Å². The Kier molecular flexibility index (Phi) is 5.25. The summed E-state index contributed by atoms with van der Waals surface area (Å²) in [7, 11) is -2.36. The number of hydrogen-bond acceptors (Lipinski definition) is 6. The van der Waals surface area contributed by atoms with E-state index in [9.17, 15) is 13.2 Å². The van der Waals surface area contributed by atoms with Crippen LogP contribution in [0.25, 0.3) is 0 Å². The fraction of sp³-hybridized carbons (Fsp3) is 0.333. The number of amides is 1. The summed E-state index contributed by atoms with van der Waals surface area (Å²) < 4.78 is 37.1. The normalized spacial score (nSPS) is 12.7. The average molecular weight is 353 g/mol. The second kappa shape index (κ2) is 7.02. The van der Waals surface area contributed by atoms with E-state index in [0.717, 1.165) is 0 Å². The number of nitrogens with zero attached hydrogens (tertiary/aromatic N) is 1. The Morgan fingerprint density at radius 3 is 2.54 bits per heavy atom. The first-order valence-corrected chi connectivity index (χ1v) is 8.62. The Bertz CT molecular complexity index is 845. The van der Waals surface area contributed by atoms with Crippen molar-refractivity contribution in [1.29, 1.82) is 0 Å². The maximum Gasteiger partial charge on any atom is 0.243 e. The zero-order chi connectivity index (χ0) is 17.9. The average Bonchev–Trinajstić information content (AvgIpc) is 2.91. The number of sulfonamides is 1. The van der Waals surface area contributed by atoms with Crippen LogP contribution >= 0.6 is 0 Å². The predicted octanol–water partition coefficient (Wildman–Crippen LogP) is 1.61. The van der Waals surface area contributed by atoms with Crippen molar-refractivity contribution >= 4 is 21.7 Å². The Hall–Kier alpha value is -2.39. The Balaban J connectivity index is 2.11. The summed E-state index contributed by atoms with van der Waals surface area (Å²) in [6, 6.07) is 5.13. The molecule has 1 amide bonds. The van der Waals surface area contributed by atoms with Gasteiger partial charge in [0.15, 0.2) is 5.82 Å². The molecule has 8 nitrogen and oxygen atoms in total. The molecule has 2 rings (SSSR count). The molecule has 0 saturated carbocycles. The summed E-state index contributed by atoms with van der Waals surface area (Å²) >= 11 is 0. The van der Waals surface area contributed by atoms with E-state index in [0.29, 0.717) is 17.1 Å². The fourth-order valence-corrected chi connectivity index (χ4v) is 3.49. The molecule has 0 aliphatic rings. The van der Waals surface area contributed by atoms with Crippen molar-refractivity contribution in [2.24, 2.45) is 0 Å². The Morgan fingerprint density at radius 2 is 2.00 bits per heavy atom. The lowest BCUT2D eigenvalue weighted by Gasteiger charge is -2.15. The van der Waals surface area contributed by atoms with Gasteiger partial charge in [-0.05, 0) is 44.5 Å². The molecule has 0 aliphatic heterocycles. The third-order valence-electron chi connectivity index (χ3n) is 3.28. The summed E-state index contributed by atoms with van der Waals surface area (Å²) in [5.74, 6) is 0.772. The van der Waals surface area contributed by atoms with Crippen molar-refractivity contribution in [3.63, 3.8) is 0 Å². The van der Waals surface area contributed by atoms with Gasteiger partial charge in [-0.15, -0.1) is 0 Å². The number of hydrogen-bond donors (Lipinski definition) is 2. The molecule has 0 unspecified atom stereocenters. The number of aryl methyl sites for hydroxylation is 2. The van der Waals surface area contributed by atoms with Crippen molar-refractivity contribution in [3.8, 4) is 5.75 Å². The van der Waals surface area contributed by atoms with E-state index in [-0.39, 0.29) is 10.7 Å². The van der Waals surface area contributed by atoms with E-state index in [1.807, 2.05) is 0 Å². The van der Waals surface area contributed by atoms with Crippen molar-refractivity contribution in [1.82, 2.24) is 9.88 Å². The second-order valence-corrected chi connectivity index (χ2v) is 6.97. The van der Waals surface area contributed by atoms with Gasteiger partial charge in [0, 0.05) is 6.07 Å². The fourth-order valence-electron chi connectivity index (χ4n) is 2.06. The molecule has 0 aliphatic carbocycles. The number of carbonyl (C=O) groups excluding carboxylic acids is 1. The number of methoxy groups -OCH3 is 1. The van der Waals surface area contributed by atoms with Crippen LogP contribution in [0.15, 0.2) is 33.7 Å². The van der Waals surface area contributed by atoms with Crippen LogP contribution in [0.1, 0.15) is 18.2 Å². The number of aromatic nitrogens is 1. The maximum absolute atomic E-state index is 12.5. The topological polar surface area (TPSA) is 111 Å². The molecule has 2 N–H and O–H groups in total. The molecule has 1 aromatic heterocycles. The Morgan fingerprint density at radius 1 is 1.29 bits per heavy atom.